The molecule has 0 saturated heterocycles. The third-order valence-corrected chi connectivity index (χ3v) is 2.04. The second-order valence-electron chi connectivity index (χ2n) is 3.43. The molecule has 0 unspecified atom stereocenters. The first-order valence-corrected chi connectivity index (χ1v) is 5.93. The molecule has 1 aromatic heterocycles. The average molecular weight is 272 g/mol. The minimum atomic E-state index is 0.310. The van der Waals surface area contributed by atoms with E-state index >= 15 is 0 Å². The van der Waals surface area contributed by atoms with Crippen LogP contribution in [0.2, 0.25) is 0 Å². The molecule has 0 saturated carbocycles. The van der Waals surface area contributed by atoms with Crippen LogP contribution in [0.4, 0.5) is 5.95 Å². The number of ether oxygens (including phenoxy) is 4. The zero-order valence-electron chi connectivity index (χ0n) is 11.0. The van der Waals surface area contributed by atoms with Crippen molar-refractivity contribution in [2.24, 2.45) is 5.84 Å². The van der Waals surface area contributed by atoms with Crippen LogP contribution in [0.5, 0.6) is 5.88 Å². The lowest BCUT2D eigenvalue weighted by Crippen LogP contribution is -2.14. The Morgan fingerprint density at radius 1 is 1.11 bits per heavy atom. The summed E-state index contributed by atoms with van der Waals surface area (Å²) in [6, 6.07) is 1.65. The average Bonchev–Trinajstić information content (AvgIpc) is 2.46. The van der Waals surface area contributed by atoms with E-state index < -0.39 is 0 Å². The van der Waals surface area contributed by atoms with E-state index in [0.717, 1.165) is 0 Å². The van der Waals surface area contributed by atoms with Crippen LogP contribution in [0.3, 0.4) is 0 Å². The Morgan fingerprint density at radius 2 is 1.79 bits per heavy atom. The van der Waals surface area contributed by atoms with Crippen LogP contribution in [0.15, 0.2) is 12.3 Å². The highest BCUT2D eigenvalue weighted by atomic mass is 16.6. The first-order valence-electron chi connectivity index (χ1n) is 5.93. The van der Waals surface area contributed by atoms with Gasteiger partial charge in [0, 0.05) is 19.4 Å². The SMILES string of the molecule is COCCOCCOCCOc1ccnc(NN)n1. The molecule has 0 radical (unpaired) electrons. The predicted molar refractivity (Wildman–Crippen MR) is 68.9 cm³/mol. The van der Waals surface area contributed by atoms with E-state index in [4.69, 9.17) is 24.8 Å². The fraction of sp³-hybridized carbons (Fsp3) is 0.636. The van der Waals surface area contributed by atoms with Crippen molar-refractivity contribution in [3.8, 4) is 5.88 Å². The molecule has 0 aromatic carbocycles. The largest absolute Gasteiger partial charge is 0.475 e. The van der Waals surface area contributed by atoms with Gasteiger partial charge in [-0.05, 0) is 0 Å². The first-order chi connectivity index (χ1) is 9.36. The van der Waals surface area contributed by atoms with Gasteiger partial charge in [-0.3, -0.25) is 5.43 Å². The summed E-state index contributed by atoms with van der Waals surface area (Å²) >= 11 is 0. The molecule has 1 heterocycles. The van der Waals surface area contributed by atoms with Crippen LogP contribution >= 0.6 is 0 Å². The summed E-state index contributed by atoms with van der Waals surface area (Å²) in [5, 5.41) is 0. The Bertz CT molecular complexity index is 340. The van der Waals surface area contributed by atoms with Gasteiger partial charge in [0.05, 0.1) is 33.0 Å². The summed E-state index contributed by atoms with van der Waals surface area (Å²) in [6.45, 7) is 3.09. The third kappa shape index (κ3) is 7.52. The van der Waals surface area contributed by atoms with Crippen molar-refractivity contribution in [2.75, 3.05) is 52.2 Å². The quantitative estimate of drug-likeness (QED) is 0.325. The molecule has 0 bridgehead atoms. The van der Waals surface area contributed by atoms with Gasteiger partial charge in [0.1, 0.15) is 6.61 Å². The lowest BCUT2D eigenvalue weighted by molar-refractivity contribution is 0.0176. The van der Waals surface area contributed by atoms with Crippen molar-refractivity contribution in [3.05, 3.63) is 12.3 Å². The monoisotopic (exact) mass is 272 g/mol. The minimum absolute atomic E-state index is 0.310. The van der Waals surface area contributed by atoms with Crippen molar-refractivity contribution in [1.82, 2.24) is 9.97 Å². The molecule has 1 aromatic rings. The van der Waals surface area contributed by atoms with Gasteiger partial charge in [0.2, 0.25) is 11.8 Å². The zero-order chi connectivity index (χ0) is 13.8. The van der Waals surface area contributed by atoms with Gasteiger partial charge in [-0.2, -0.15) is 4.98 Å². The summed E-state index contributed by atoms with van der Waals surface area (Å²) < 4.78 is 20.8. The van der Waals surface area contributed by atoms with E-state index in [1.54, 1.807) is 19.4 Å². The summed E-state index contributed by atoms with van der Waals surface area (Å²) in [7, 11) is 1.63. The van der Waals surface area contributed by atoms with Gasteiger partial charge in [-0.25, -0.2) is 10.8 Å². The van der Waals surface area contributed by atoms with E-state index in [0.29, 0.717) is 51.5 Å². The maximum absolute atomic E-state index is 5.36. The second-order valence-corrected chi connectivity index (χ2v) is 3.43. The molecule has 8 nitrogen and oxygen atoms in total. The van der Waals surface area contributed by atoms with E-state index in [1.807, 2.05) is 0 Å². The van der Waals surface area contributed by atoms with Crippen molar-refractivity contribution in [2.45, 2.75) is 0 Å². The number of methoxy groups -OCH3 is 1. The highest BCUT2D eigenvalue weighted by Crippen LogP contribution is 2.06. The fourth-order valence-corrected chi connectivity index (χ4v) is 1.16. The molecule has 0 aliphatic carbocycles. The normalized spacial score (nSPS) is 10.4. The Labute approximate surface area is 112 Å². The Kier molecular flexibility index (Phi) is 8.56. The molecule has 0 aliphatic rings. The van der Waals surface area contributed by atoms with Gasteiger partial charge in [0.15, 0.2) is 0 Å². The van der Waals surface area contributed by atoms with Crippen LogP contribution in [0.25, 0.3) is 0 Å². The van der Waals surface area contributed by atoms with Crippen molar-refractivity contribution >= 4 is 5.95 Å². The Balaban J connectivity index is 1.98. The number of hydrazine groups is 1. The topological polar surface area (TPSA) is 101 Å². The van der Waals surface area contributed by atoms with E-state index in [1.165, 1.54) is 0 Å². The van der Waals surface area contributed by atoms with Crippen molar-refractivity contribution in [3.63, 3.8) is 0 Å². The highest BCUT2D eigenvalue weighted by molar-refractivity contribution is 5.25. The van der Waals surface area contributed by atoms with Crippen LogP contribution in [-0.2, 0) is 14.2 Å². The number of anilines is 1. The number of hydrogen-bond acceptors (Lipinski definition) is 8. The summed E-state index contributed by atoms with van der Waals surface area (Å²) in [5.74, 6) is 5.94. The van der Waals surface area contributed by atoms with Crippen LogP contribution in [-0.4, -0.2) is 56.7 Å². The van der Waals surface area contributed by atoms with Gasteiger partial charge < -0.3 is 18.9 Å². The van der Waals surface area contributed by atoms with Crippen molar-refractivity contribution < 1.29 is 18.9 Å². The predicted octanol–water partition coefficient (Wildman–Crippen LogP) is -0.179. The number of nitrogen functional groups attached to an aromatic ring is 1. The van der Waals surface area contributed by atoms with Gasteiger partial charge >= 0.3 is 0 Å². The number of hydrogen-bond donors (Lipinski definition) is 2. The highest BCUT2D eigenvalue weighted by Gasteiger charge is 1.98. The molecule has 0 amide bonds. The van der Waals surface area contributed by atoms with Gasteiger partial charge in [0.25, 0.3) is 0 Å². The lowest BCUT2D eigenvalue weighted by atomic mass is 10.6. The van der Waals surface area contributed by atoms with E-state index in [-0.39, 0.29) is 0 Å². The number of nitrogens with zero attached hydrogens (tertiary/aromatic N) is 2. The molecule has 3 N–H and O–H groups in total. The number of aromatic nitrogens is 2. The first kappa shape index (κ1) is 15.6. The summed E-state index contributed by atoms with van der Waals surface area (Å²) in [4.78, 5) is 7.86. The summed E-state index contributed by atoms with van der Waals surface area (Å²) in [5.41, 5.74) is 2.34. The molecular formula is C11H20N4O4. The molecule has 0 fully saturated rings. The number of rotatable bonds is 11. The number of nitrogens with two attached hydrogens (primary N) is 1. The smallest absolute Gasteiger partial charge is 0.240 e. The Morgan fingerprint density at radius 3 is 2.47 bits per heavy atom. The molecule has 0 atom stereocenters. The van der Waals surface area contributed by atoms with Crippen LogP contribution in [0, 0.1) is 0 Å². The molecule has 8 heteroatoms. The van der Waals surface area contributed by atoms with Crippen LogP contribution < -0.4 is 16.0 Å². The second kappa shape index (κ2) is 10.4. The van der Waals surface area contributed by atoms with Crippen LogP contribution in [0.1, 0.15) is 0 Å². The molecule has 0 spiro atoms. The number of nitrogens with one attached hydrogen (secondary N) is 1. The van der Waals surface area contributed by atoms with E-state index in [2.05, 4.69) is 15.4 Å². The maximum atomic E-state index is 5.36. The molecule has 1 rings (SSSR count). The lowest BCUT2D eigenvalue weighted by Gasteiger charge is -2.07. The minimum Gasteiger partial charge on any atom is -0.475 e. The molecule has 19 heavy (non-hydrogen) atoms. The standard InChI is InChI=1S/C11H20N4O4/c1-16-4-5-17-6-7-18-8-9-19-10-2-3-13-11(14-10)15-12/h2-3H,4-9,12H2,1H3,(H,13,14,15). The van der Waals surface area contributed by atoms with E-state index in [9.17, 15) is 0 Å². The molecule has 108 valence electrons. The fourth-order valence-electron chi connectivity index (χ4n) is 1.16. The molecule has 0 aliphatic heterocycles. The molecular weight excluding hydrogens is 252 g/mol. The van der Waals surface area contributed by atoms with Gasteiger partial charge in [-0.1, -0.05) is 0 Å². The third-order valence-electron chi connectivity index (χ3n) is 2.04. The Hall–Kier alpha value is -1.48. The maximum Gasteiger partial charge on any atom is 0.240 e. The van der Waals surface area contributed by atoms with Crippen molar-refractivity contribution in [1.29, 1.82) is 0 Å². The zero-order valence-corrected chi connectivity index (χ0v) is 11.0. The van der Waals surface area contributed by atoms with Gasteiger partial charge in [-0.15, -0.1) is 0 Å². The summed E-state index contributed by atoms with van der Waals surface area (Å²) in [6.07, 6.45) is 1.56.